The van der Waals surface area contributed by atoms with E-state index in [1.165, 1.54) is 0 Å². The summed E-state index contributed by atoms with van der Waals surface area (Å²) < 4.78 is 19.4. The molecule has 0 aliphatic carbocycles. The Morgan fingerprint density at radius 1 is 1.11 bits per heavy atom. The molecule has 0 bridgehead atoms. The van der Waals surface area contributed by atoms with Crippen LogP contribution in [0.4, 0.5) is 5.95 Å². The summed E-state index contributed by atoms with van der Waals surface area (Å²) in [5, 5.41) is 8.58. The molecule has 1 aromatic heterocycles. The van der Waals surface area contributed by atoms with Gasteiger partial charge in [-0.1, -0.05) is 55.1 Å². The number of hydrogen-bond donors (Lipinski definition) is 1. The Balaban J connectivity index is 1.75. The van der Waals surface area contributed by atoms with Gasteiger partial charge in [0.05, 0.1) is 18.3 Å². The molecule has 1 unspecified atom stereocenters. The summed E-state index contributed by atoms with van der Waals surface area (Å²) >= 11 is 1.54. The van der Waals surface area contributed by atoms with Crippen LogP contribution in [0.3, 0.4) is 0 Å². The molecule has 2 aromatic carbocycles. The van der Waals surface area contributed by atoms with Gasteiger partial charge in [-0.05, 0) is 56.7 Å². The summed E-state index contributed by atoms with van der Waals surface area (Å²) in [6, 6.07) is 15.2. The van der Waals surface area contributed by atoms with Crippen molar-refractivity contribution < 1.29 is 19.0 Å². The summed E-state index contributed by atoms with van der Waals surface area (Å²) in [6.45, 7) is 10.4. The fraction of sp³-hybridized carbons (Fsp3) is 0.370. The number of thioether (sulfide) groups is 1. The first-order valence-corrected chi connectivity index (χ1v) is 13.1. The number of esters is 1. The molecule has 1 aliphatic rings. The average Bonchev–Trinajstić information content (AvgIpc) is 3.24. The van der Waals surface area contributed by atoms with E-state index in [0.717, 1.165) is 16.9 Å². The van der Waals surface area contributed by atoms with E-state index in [4.69, 9.17) is 19.3 Å². The van der Waals surface area contributed by atoms with Crippen LogP contribution >= 0.6 is 11.8 Å². The number of fused-ring (bicyclic) bond motifs is 1. The molecular weight excluding hydrogens is 476 g/mol. The highest BCUT2D eigenvalue weighted by atomic mass is 32.2. The van der Waals surface area contributed by atoms with Crippen molar-refractivity contribution in [2.24, 2.45) is 0 Å². The average molecular weight is 509 g/mol. The minimum Gasteiger partial charge on any atom is -0.490 e. The van der Waals surface area contributed by atoms with Gasteiger partial charge in [-0.15, -0.1) is 5.10 Å². The van der Waals surface area contributed by atoms with Gasteiger partial charge >= 0.3 is 5.97 Å². The maximum absolute atomic E-state index is 13.2. The first-order valence-electron chi connectivity index (χ1n) is 12.1. The maximum atomic E-state index is 13.2. The molecule has 4 rings (SSSR count). The zero-order valence-electron chi connectivity index (χ0n) is 21.3. The molecule has 0 spiro atoms. The van der Waals surface area contributed by atoms with Gasteiger partial charge in [0.15, 0.2) is 11.5 Å². The van der Waals surface area contributed by atoms with E-state index >= 15 is 0 Å². The van der Waals surface area contributed by atoms with Crippen LogP contribution in [-0.2, 0) is 16.1 Å². The highest BCUT2D eigenvalue weighted by Gasteiger charge is 2.36. The number of ether oxygens (including phenoxy) is 3. The molecule has 0 amide bonds. The number of carbonyl (C=O) groups is 1. The van der Waals surface area contributed by atoms with Gasteiger partial charge in [0.2, 0.25) is 11.1 Å². The van der Waals surface area contributed by atoms with Gasteiger partial charge in [0.1, 0.15) is 12.6 Å². The molecule has 0 saturated carbocycles. The lowest BCUT2D eigenvalue weighted by molar-refractivity contribution is -0.143. The summed E-state index contributed by atoms with van der Waals surface area (Å²) in [5.74, 6) is 2.25. The molecule has 0 fully saturated rings. The predicted octanol–water partition coefficient (Wildman–Crippen LogP) is 5.61. The van der Waals surface area contributed by atoms with Crippen LogP contribution in [-0.4, -0.2) is 39.2 Å². The summed E-state index contributed by atoms with van der Waals surface area (Å²) in [5.41, 5.74) is 3.05. The van der Waals surface area contributed by atoms with Gasteiger partial charge in [-0.3, -0.25) is 0 Å². The first kappa shape index (κ1) is 25.6. The van der Waals surface area contributed by atoms with Crippen LogP contribution in [0.25, 0.3) is 0 Å². The molecule has 0 radical (unpaired) electrons. The van der Waals surface area contributed by atoms with Crippen molar-refractivity contribution in [2.45, 2.75) is 58.5 Å². The van der Waals surface area contributed by atoms with Crippen molar-refractivity contribution in [1.29, 1.82) is 0 Å². The third-order valence-corrected chi connectivity index (χ3v) is 6.21. The number of allylic oxidation sites excluding steroid dienone is 1. The number of aromatic nitrogens is 3. The first-order chi connectivity index (χ1) is 17.4. The summed E-state index contributed by atoms with van der Waals surface area (Å²) in [6.07, 6.45) is -0.255. The number of benzene rings is 2. The standard InChI is InChI=1S/C27H32N4O4S/c1-6-33-22-15-20(13-14-21(22)34-16-19-11-9-8-10-12-19)24-23(25(32)35-17(3)4)18(5)28-26-29-27(36-7-2)30-31(24)26/h8-15,17,24H,6-7,16H2,1-5H3,(H,28,29,30). The van der Waals surface area contributed by atoms with Crippen LogP contribution in [0.5, 0.6) is 11.5 Å². The number of nitrogens with zero attached hydrogens (tertiary/aromatic N) is 3. The van der Waals surface area contributed by atoms with Crippen molar-refractivity contribution in [3.05, 3.63) is 70.9 Å². The molecule has 8 nitrogen and oxygen atoms in total. The van der Waals surface area contributed by atoms with E-state index in [9.17, 15) is 4.79 Å². The minimum atomic E-state index is -0.534. The monoisotopic (exact) mass is 508 g/mol. The molecule has 9 heteroatoms. The Labute approximate surface area is 216 Å². The zero-order chi connectivity index (χ0) is 25.7. The van der Waals surface area contributed by atoms with Gasteiger partial charge in [0.25, 0.3) is 0 Å². The Morgan fingerprint density at radius 2 is 1.89 bits per heavy atom. The molecule has 0 saturated heterocycles. The van der Waals surface area contributed by atoms with Crippen molar-refractivity contribution >= 4 is 23.7 Å². The number of nitrogens with one attached hydrogen (secondary N) is 1. The van der Waals surface area contributed by atoms with Crippen LogP contribution in [0, 0.1) is 0 Å². The van der Waals surface area contributed by atoms with Crippen molar-refractivity contribution in [3.63, 3.8) is 0 Å². The number of hydrogen-bond acceptors (Lipinski definition) is 8. The normalized spacial score (nSPS) is 14.9. The van der Waals surface area contributed by atoms with E-state index in [-0.39, 0.29) is 6.10 Å². The highest BCUT2D eigenvalue weighted by molar-refractivity contribution is 7.99. The van der Waals surface area contributed by atoms with Crippen LogP contribution in [0.1, 0.15) is 51.8 Å². The molecule has 3 aromatic rings. The molecule has 1 atom stereocenters. The molecule has 1 aliphatic heterocycles. The van der Waals surface area contributed by atoms with Gasteiger partial charge in [-0.25, -0.2) is 9.48 Å². The Kier molecular flexibility index (Phi) is 8.20. The maximum Gasteiger partial charge on any atom is 0.338 e. The highest BCUT2D eigenvalue weighted by Crippen LogP contribution is 2.40. The van der Waals surface area contributed by atoms with Crippen LogP contribution in [0.2, 0.25) is 0 Å². The smallest absolute Gasteiger partial charge is 0.338 e. The molecule has 1 N–H and O–H groups in total. The van der Waals surface area contributed by atoms with Gasteiger partial charge in [0, 0.05) is 5.70 Å². The zero-order valence-corrected chi connectivity index (χ0v) is 22.1. The van der Waals surface area contributed by atoms with Gasteiger partial charge < -0.3 is 19.5 Å². The topological polar surface area (TPSA) is 87.5 Å². The Hall–Kier alpha value is -3.46. The van der Waals surface area contributed by atoms with E-state index in [1.807, 2.05) is 83.1 Å². The van der Waals surface area contributed by atoms with E-state index < -0.39 is 12.0 Å². The van der Waals surface area contributed by atoms with E-state index in [1.54, 1.807) is 16.4 Å². The van der Waals surface area contributed by atoms with Gasteiger partial charge in [-0.2, -0.15) is 4.98 Å². The fourth-order valence-electron chi connectivity index (χ4n) is 3.99. The van der Waals surface area contributed by atoms with E-state index in [0.29, 0.717) is 47.1 Å². The van der Waals surface area contributed by atoms with E-state index in [2.05, 4.69) is 10.3 Å². The lowest BCUT2D eigenvalue weighted by atomic mass is 9.95. The largest absolute Gasteiger partial charge is 0.490 e. The number of carbonyl (C=O) groups excluding carboxylic acids is 1. The molecular formula is C27H32N4O4S. The SMILES string of the molecule is CCOc1cc(C2C(C(=O)OC(C)C)=C(C)Nc3nc(SCC)nn32)ccc1OCc1ccccc1. The summed E-state index contributed by atoms with van der Waals surface area (Å²) in [4.78, 5) is 17.9. The molecule has 36 heavy (non-hydrogen) atoms. The van der Waals surface area contributed by atoms with Crippen LogP contribution < -0.4 is 14.8 Å². The second-order valence-corrected chi connectivity index (χ2v) is 9.76. The second-order valence-electron chi connectivity index (χ2n) is 8.53. The minimum absolute atomic E-state index is 0.255. The third-order valence-electron chi connectivity index (χ3n) is 5.49. The summed E-state index contributed by atoms with van der Waals surface area (Å²) in [7, 11) is 0. The Bertz CT molecular complexity index is 1240. The Morgan fingerprint density at radius 3 is 2.58 bits per heavy atom. The number of anilines is 1. The van der Waals surface area contributed by atoms with Crippen LogP contribution in [0.15, 0.2) is 65.0 Å². The second kappa shape index (κ2) is 11.5. The van der Waals surface area contributed by atoms with Crippen molar-refractivity contribution in [1.82, 2.24) is 14.8 Å². The lowest BCUT2D eigenvalue weighted by Gasteiger charge is -2.29. The third kappa shape index (κ3) is 5.67. The number of rotatable bonds is 10. The fourth-order valence-corrected chi connectivity index (χ4v) is 4.54. The van der Waals surface area contributed by atoms with Crippen molar-refractivity contribution in [3.8, 4) is 11.5 Å². The molecule has 190 valence electrons. The predicted molar refractivity (Wildman–Crippen MR) is 140 cm³/mol. The lowest BCUT2D eigenvalue weighted by Crippen LogP contribution is -2.30. The molecule has 2 heterocycles. The van der Waals surface area contributed by atoms with Crippen molar-refractivity contribution in [2.75, 3.05) is 17.7 Å². The quantitative estimate of drug-likeness (QED) is 0.279.